The zero-order chi connectivity index (χ0) is 17.1. The van der Waals surface area contributed by atoms with E-state index in [1.807, 2.05) is 37.4 Å². The van der Waals surface area contributed by atoms with Gasteiger partial charge in [0.15, 0.2) is 11.4 Å². The number of fused-ring (bicyclic) bond motifs is 3. The van der Waals surface area contributed by atoms with Crippen LogP contribution in [0.2, 0.25) is 0 Å². The van der Waals surface area contributed by atoms with E-state index in [-0.39, 0.29) is 0 Å². The highest BCUT2D eigenvalue weighted by Crippen LogP contribution is 2.31. The molecule has 0 aliphatic carbocycles. The number of carbonyl (C=O) groups is 1. The van der Waals surface area contributed by atoms with Gasteiger partial charge in [-0.2, -0.15) is 11.8 Å². The Labute approximate surface area is 143 Å². The minimum atomic E-state index is -0.898. The Kier molecular flexibility index (Phi) is 4.89. The summed E-state index contributed by atoms with van der Waals surface area (Å²) in [5.74, 6) is 0.955. The van der Waals surface area contributed by atoms with Crippen molar-refractivity contribution in [2.24, 2.45) is 0 Å². The van der Waals surface area contributed by atoms with Crippen LogP contribution in [0.15, 0.2) is 28.7 Å². The second kappa shape index (κ2) is 7.09. The fourth-order valence-corrected chi connectivity index (χ4v) is 3.02. The normalized spacial score (nSPS) is 12.6. The summed E-state index contributed by atoms with van der Waals surface area (Å²) < 4.78 is 5.88. The molecule has 1 atom stereocenters. The molecule has 0 saturated carbocycles. The summed E-state index contributed by atoms with van der Waals surface area (Å²) in [6, 6.07) is 6.92. The first-order chi connectivity index (χ1) is 11.6. The van der Waals surface area contributed by atoms with E-state index in [1.54, 1.807) is 11.8 Å². The molecule has 0 bridgehead atoms. The van der Waals surface area contributed by atoms with Gasteiger partial charge in [-0.15, -0.1) is 0 Å². The van der Waals surface area contributed by atoms with Gasteiger partial charge < -0.3 is 14.8 Å². The number of benzene rings is 1. The van der Waals surface area contributed by atoms with Crippen LogP contribution in [0.4, 0.5) is 5.82 Å². The summed E-state index contributed by atoms with van der Waals surface area (Å²) in [6.45, 7) is 1.97. The maximum Gasteiger partial charge on any atom is 0.326 e. The lowest BCUT2D eigenvalue weighted by molar-refractivity contribution is -0.137. The number of aryl methyl sites for hydroxylation is 1. The molecule has 0 saturated heterocycles. The average Bonchev–Trinajstić information content (AvgIpc) is 2.97. The number of nitrogens with one attached hydrogen (secondary N) is 1. The van der Waals surface area contributed by atoms with Gasteiger partial charge in [-0.25, -0.2) is 14.8 Å². The number of rotatable bonds is 7. The first kappa shape index (κ1) is 16.6. The second-order valence-electron chi connectivity index (χ2n) is 5.43. The van der Waals surface area contributed by atoms with E-state index >= 15 is 0 Å². The predicted octanol–water partition coefficient (Wildman–Crippen LogP) is 3.56. The number of carboxylic acids is 1. The largest absolute Gasteiger partial charge is 0.480 e. The van der Waals surface area contributed by atoms with Crippen LogP contribution in [-0.2, 0) is 11.2 Å². The van der Waals surface area contributed by atoms with Crippen molar-refractivity contribution >= 4 is 45.6 Å². The number of thioether (sulfide) groups is 1. The maximum absolute atomic E-state index is 11.5. The highest BCUT2D eigenvalue weighted by atomic mass is 32.2. The lowest BCUT2D eigenvalue weighted by Crippen LogP contribution is -2.30. The summed E-state index contributed by atoms with van der Waals surface area (Å²) in [7, 11) is 0. The van der Waals surface area contributed by atoms with E-state index in [1.165, 1.54) is 0 Å². The highest BCUT2D eigenvalue weighted by Gasteiger charge is 2.21. The van der Waals surface area contributed by atoms with E-state index in [0.717, 1.165) is 11.1 Å². The summed E-state index contributed by atoms with van der Waals surface area (Å²) in [6.07, 6.45) is 3.12. The van der Waals surface area contributed by atoms with Crippen LogP contribution >= 0.6 is 11.8 Å². The van der Waals surface area contributed by atoms with Crippen molar-refractivity contribution in [1.82, 2.24) is 9.97 Å². The van der Waals surface area contributed by atoms with Gasteiger partial charge in [0.1, 0.15) is 23.0 Å². The minimum absolute atomic E-state index is 0.446. The van der Waals surface area contributed by atoms with Crippen molar-refractivity contribution < 1.29 is 14.3 Å². The number of carboxylic acid groups (broad SMARTS) is 1. The molecule has 3 rings (SSSR count). The number of aliphatic carboxylic acids is 1. The van der Waals surface area contributed by atoms with Gasteiger partial charge in [-0.1, -0.05) is 19.1 Å². The van der Waals surface area contributed by atoms with E-state index in [9.17, 15) is 9.90 Å². The third-order valence-electron chi connectivity index (χ3n) is 3.80. The Bertz CT molecular complexity index is 878. The zero-order valence-corrected chi connectivity index (χ0v) is 14.4. The predicted molar refractivity (Wildman–Crippen MR) is 96.7 cm³/mol. The van der Waals surface area contributed by atoms with Crippen LogP contribution in [0.25, 0.3) is 22.1 Å². The SMILES string of the molecule is CCc1nc(NC(CCSC)C(=O)O)c2oc3ccccc3c2n1. The first-order valence-corrected chi connectivity index (χ1v) is 9.19. The van der Waals surface area contributed by atoms with Crippen molar-refractivity contribution in [2.45, 2.75) is 25.8 Å². The second-order valence-corrected chi connectivity index (χ2v) is 6.42. The first-order valence-electron chi connectivity index (χ1n) is 7.80. The van der Waals surface area contributed by atoms with Crippen molar-refractivity contribution in [3.63, 3.8) is 0 Å². The molecule has 0 amide bonds. The molecule has 6 nitrogen and oxygen atoms in total. The number of hydrogen-bond acceptors (Lipinski definition) is 6. The fourth-order valence-electron chi connectivity index (χ4n) is 2.55. The van der Waals surface area contributed by atoms with Gasteiger partial charge >= 0.3 is 5.97 Å². The lowest BCUT2D eigenvalue weighted by atomic mass is 10.2. The molecular weight excluding hydrogens is 326 g/mol. The third kappa shape index (κ3) is 3.17. The van der Waals surface area contributed by atoms with Crippen LogP contribution in [-0.4, -0.2) is 39.1 Å². The number of anilines is 1. The smallest absolute Gasteiger partial charge is 0.326 e. The third-order valence-corrected chi connectivity index (χ3v) is 4.45. The van der Waals surface area contributed by atoms with Gasteiger partial charge in [0, 0.05) is 11.8 Å². The monoisotopic (exact) mass is 345 g/mol. The zero-order valence-electron chi connectivity index (χ0n) is 13.6. The molecule has 1 unspecified atom stereocenters. The molecule has 0 aliphatic heterocycles. The number of para-hydroxylation sites is 1. The Hall–Kier alpha value is -2.28. The summed E-state index contributed by atoms with van der Waals surface area (Å²) in [5.41, 5.74) is 1.94. The van der Waals surface area contributed by atoms with Crippen molar-refractivity contribution in [3.05, 3.63) is 30.1 Å². The molecule has 0 spiro atoms. The van der Waals surface area contributed by atoms with Crippen LogP contribution in [0.5, 0.6) is 0 Å². The van der Waals surface area contributed by atoms with E-state index in [0.29, 0.717) is 41.2 Å². The minimum Gasteiger partial charge on any atom is -0.480 e. The summed E-state index contributed by atoms with van der Waals surface area (Å²) in [5, 5.41) is 13.4. The van der Waals surface area contributed by atoms with Gasteiger partial charge in [0.05, 0.1) is 0 Å². The maximum atomic E-state index is 11.5. The molecule has 1 aromatic carbocycles. The van der Waals surface area contributed by atoms with Gasteiger partial charge in [-0.05, 0) is 30.6 Å². The Morgan fingerprint density at radius 2 is 2.17 bits per heavy atom. The molecule has 7 heteroatoms. The Morgan fingerprint density at radius 1 is 1.38 bits per heavy atom. The quantitative estimate of drug-likeness (QED) is 0.677. The topological polar surface area (TPSA) is 88.2 Å². The van der Waals surface area contributed by atoms with Crippen LogP contribution in [0.3, 0.4) is 0 Å². The lowest BCUT2D eigenvalue weighted by Gasteiger charge is -2.15. The molecular formula is C17H19N3O3S. The summed E-state index contributed by atoms with van der Waals surface area (Å²) >= 11 is 1.61. The van der Waals surface area contributed by atoms with Crippen molar-refractivity contribution in [3.8, 4) is 0 Å². The number of furan rings is 1. The molecule has 24 heavy (non-hydrogen) atoms. The summed E-state index contributed by atoms with van der Waals surface area (Å²) in [4.78, 5) is 20.5. The van der Waals surface area contributed by atoms with Crippen molar-refractivity contribution in [1.29, 1.82) is 0 Å². The van der Waals surface area contributed by atoms with Gasteiger partial charge in [0.25, 0.3) is 0 Å². The van der Waals surface area contributed by atoms with Crippen molar-refractivity contribution in [2.75, 3.05) is 17.3 Å². The molecule has 3 aromatic rings. The number of hydrogen-bond donors (Lipinski definition) is 2. The van der Waals surface area contributed by atoms with Crippen LogP contribution in [0.1, 0.15) is 19.2 Å². The molecule has 0 aliphatic rings. The number of aromatic nitrogens is 2. The Morgan fingerprint density at radius 3 is 2.88 bits per heavy atom. The molecule has 0 fully saturated rings. The molecule has 2 heterocycles. The average molecular weight is 345 g/mol. The molecule has 2 N–H and O–H groups in total. The van der Waals surface area contributed by atoms with E-state index < -0.39 is 12.0 Å². The fraction of sp³-hybridized carbons (Fsp3) is 0.353. The van der Waals surface area contributed by atoms with E-state index in [4.69, 9.17) is 4.42 Å². The van der Waals surface area contributed by atoms with Gasteiger partial charge in [0.2, 0.25) is 0 Å². The van der Waals surface area contributed by atoms with Crippen LogP contribution in [0, 0.1) is 0 Å². The standard InChI is InChI=1S/C17H19N3O3S/c1-3-13-19-14-10-6-4-5-7-12(10)23-15(14)16(20-13)18-11(17(21)22)8-9-24-2/h4-7,11H,3,8-9H2,1-2H3,(H,21,22)(H,18,19,20). The highest BCUT2D eigenvalue weighted by molar-refractivity contribution is 7.98. The molecule has 0 radical (unpaired) electrons. The molecule has 2 aromatic heterocycles. The number of nitrogens with zero attached hydrogens (tertiary/aromatic N) is 2. The molecule has 126 valence electrons. The van der Waals surface area contributed by atoms with Crippen LogP contribution < -0.4 is 5.32 Å². The Balaban J connectivity index is 2.10. The van der Waals surface area contributed by atoms with Gasteiger partial charge in [-0.3, -0.25) is 0 Å². The van der Waals surface area contributed by atoms with E-state index in [2.05, 4.69) is 15.3 Å².